The van der Waals surface area contributed by atoms with Gasteiger partial charge in [0, 0.05) is 12.6 Å². The van der Waals surface area contributed by atoms with E-state index in [9.17, 15) is 4.79 Å². The molecule has 0 aromatic heterocycles. The van der Waals surface area contributed by atoms with Crippen LogP contribution < -0.4 is 0 Å². The minimum atomic E-state index is -0.169. The number of carbonyl (C=O) groups is 1. The summed E-state index contributed by atoms with van der Waals surface area (Å²) in [5.41, 5.74) is 1.03. The van der Waals surface area contributed by atoms with Crippen molar-refractivity contribution in [1.82, 2.24) is 4.90 Å². The Morgan fingerprint density at radius 2 is 2.10 bits per heavy atom. The third-order valence-electron chi connectivity index (χ3n) is 3.76. The fraction of sp³-hybridized carbons (Fsp3) is 0.562. The van der Waals surface area contributed by atoms with Gasteiger partial charge < -0.3 is 9.64 Å². The molecule has 110 valence electrons. The molecular weight excluding hydrogens is 270 g/mol. The summed E-state index contributed by atoms with van der Waals surface area (Å²) in [6.07, 6.45) is 5.30. The number of rotatable bonds is 5. The van der Waals surface area contributed by atoms with Gasteiger partial charge in [-0.3, -0.25) is 0 Å². The van der Waals surface area contributed by atoms with E-state index < -0.39 is 0 Å². The van der Waals surface area contributed by atoms with E-state index in [1.165, 1.54) is 6.42 Å². The number of hydrogen-bond donors (Lipinski definition) is 1. The summed E-state index contributed by atoms with van der Waals surface area (Å²) < 4.78 is 5.45. The molecule has 1 atom stereocenters. The SMILES string of the molecule is O=C(OCc1ccccc1)N1CCCC[C@H]1CCCS. The maximum absolute atomic E-state index is 12.2. The van der Waals surface area contributed by atoms with Crippen LogP contribution in [-0.2, 0) is 11.3 Å². The first-order chi connectivity index (χ1) is 9.81. The van der Waals surface area contributed by atoms with Crippen molar-refractivity contribution < 1.29 is 9.53 Å². The lowest BCUT2D eigenvalue weighted by Gasteiger charge is -2.35. The van der Waals surface area contributed by atoms with Gasteiger partial charge in [-0.15, -0.1) is 0 Å². The number of amides is 1. The average molecular weight is 293 g/mol. The van der Waals surface area contributed by atoms with Crippen LogP contribution in [0.15, 0.2) is 30.3 Å². The van der Waals surface area contributed by atoms with Crippen molar-refractivity contribution in [2.45, 2.75) is 44.8 Å². The third-order valence-corrected chi connectivity index (χ3v) is 4.08. The topological polar surface area (TPSA) is 29.5 Å². The Kier molecular flexibility index (Phi) is 6.25. The fourth-order valence-corrected chi connectivity index (χ4v) is 2.85. The van der Waals surface area contributed by atoms with E-state index in [4.69, 9.17) is 4.74 Å². The number of piperidine rings is 1. The number of hydrogen-bond acceptors (Lipinski definition) is 3. The smallest absolute Gasteiger partial charge is 0.410 e. The lowest BCUT2D eigenvalue weighted by Crippen LogP contribution is -2.44. The van der Waals surface area contributed by atoms with E-state index >= 15 is 0 Å². The van der Waals surface area contributed by atoms with Crippen LogP contribution >= 0.6 is 12.6 Å². The second-order valence-corrected chi connectivity index (χ2v) is 5.70. The summed E-state index contributed by atoms with van der Waals surface area (Å²) in [4.78, 5) is 14.1. The van der Waals surface area contributed by atoms with E-state index in [1.54, 1.807) is 0 Å². The van der Waals surface area contributed by atoms with Gasteiger partial charge in [0.15, 0.2) is 0 Å². The van der Waals surface area contributed by atoms with Crippen molar-refractivity contribution in [3.8, 4) is 0 Å². The molecule has 1 saturated heterocycles. The maximum Gasteiger partial charge on any atom is 0.410 e. The Balaban J connectivity index is 1.85. The fourth-order valence-electron chi connectivity index (χ4n) is 2.67. The Morgan fingerprint density at radius 3 is 2.85 bits per heavy atom. The first-order valence-corrected chi connectivity index (χ1v) is 8.02. The normalized spacial score (nSPS) is 18.9. The Bertz CT molecular complexity index is 410. The molecule has 0 N–H and O–H groups in total. The van der Waals surface area contributed by atoms with Crippen LogP contribution in [0.4, 0.5) is 4.79 Å². The van der Waals surface area contributed by atoms with Crippen LogP contribution in [0.5, 0.6) is 0 Å². The highest BCUT2D eigenvalue weighted by Gasteiger charge is 2.27. The molecule has 0 bridgehead atoms. The molecule has 20 heavy (non-hydrogen) atoms. The predicted molar refractivity (Wildman–Crippen MR) is 84.1 cm³/mol. The average Bonchev–Trinajstić information content (AvgIpc) is 2.52. The van der Waals surface area contributed by atoms with Gasteiger partial charge in [0.1, 0.15) is 6.61 Å². The molecule has 0 radical (unpaired) electrons. The molecule has 3 nitrogen and oxygen atoms in total. The van der Waals surface area contributed by atoms with Crippen molar-refractivity contribution in [3.05, 3.63) is 35.9 Å². The molecule has 1 amide bonds. The van der Waals surface area contributed by atoms with Gasteiger partial charge in [0.25, 0.3) is 0 Å². The molecule has 1 heterocycles. The number of carbonyl (C=O) groups excluding carboxylic acids is 1. The molecule has 1 aromatic carbocycles. The molecule has 4 heteroatoms. The molecular formula is C16H23NO2S. The zero-order valence-corrected chi connectivity index (χ0v) is 12.7. The summed E-state index contributed by atoms with van der Waals surface area (Å²) in [7, 11) is 0. The third kappa shape index (κ3) is 4.44. The standard InChI is InChI=1S/C16H23NO2S/c18-16(19-13-14-7-2-1-3-8-14)17-11-5-4-9-15(17)10-6-12-20/h1-3,7-8,15,20H,4-6,9-13H2/t15-/m0/s1. The van der Waals surface area contributed by atoms with Gasteiger partial charge >= 0.3 is 6.09 Å². The molecule has 1 aliphatic rings. The highest BCUT2D eigenvalue weighted by molar-refractivity contribution is 7.80. The van der Waals surface area contributed by atoms with Gasteiger partial charge in [-0.25, -0.2) is 4.79 Å². The summed E-state index contributed by atoms with van der Waals surface area (Å²) in [6, 6.07) is 10.2. The Hall–Kier alpha value is -1.16. The van der Waals surface area contributed by atoms with Gasteiger partial charge in [-0.05, 0) is 43.4 Å². The summed E-state index contributed by atoms with van der Waals surface area (Å²) in [6.45, 7) is 1.18. The van der Waals surface area contributed by atoms with Crippen molar-refractivity contribution in [2.75, 3.05) is 12.3 Å². The van der Waals surface area contributed by atoms with Crippen LogP contribution in [0.2, 0.25) is 0 Å². The second-order valence-electron chi connectivity index (χ2n) is 5.25. The van der Waals surface area contributed by atoms with Gasteiger partial charge in [-0.1, -0.05) is 30.3 Å². The Morgan fingerprint density at radius 1 is 1.30 bits per heavy atom. The van der Waals surface area contributed by atoms with E-state index in [0.29, 0.717) is 12.6 Å². The van der Waals surface area contributed by atoms with Gasteiger partial charge in [0.2, 0.25) is 0 Å². The number of thiol groups is 1. The van der Waals surface area contributed by atoms with Gasteiger partial charge in [0.05, 0.1) is 0 Å². The van der Waals surface area contributed by atoms with Crippen LogP contribution in [0, 0.1) is 0 Å². The largest absolute Gasteiger partial charge is 0.445 e. The second kappa shape index (κ2) is 8.20. The molecule has 0 aliphatic carbocycles. The van der Waals surface area contributed by atoms with Gasteiger partial charge in [-0.2, -0.15) is 12.6 Å². The molecule has 1 aromatic rings. The van der Waals surface area contributed by atoms with E-state index in [-0.39, 0.29) is 6.09 Å². The van der Waals surface area contributed by atoms with Crippen molar-refractivity contribution >= 4 is 18.7 Å². The Labute approximate surface area is 126 Å². The maximum atomic E-state index is 12.2. The first kappa shape index (κ1) is 15.2. The van der Waals surface area contributed by atoms with E-state index in [1.807, 2.05) is 35.2 Å². The van der Waals surface area contributed by atoms with Crippen LogP contribution in [0.25, 0.3) is 0 Å². The minimum Gasteiger partial charge on any atom is -0.445 e. The summed E-state index contributed by atoms with van der Waals surface area (Å²) >= 11 is 4.26. The van der Waals surface area contributed by atoms with Crippen molar-refractivity contribution in [3.63, 3.8) is 0 Å². The highest BCUT2D eigenvalue weighted by Crippen LogP contribution is 2.22. The number of nitrogens with zero attached hydrogens (tertiary/aromatic N) is 1. The number of benzene rings is 1. The number of likely N-dealkylation sites (tertiary alicyclic amines) is 1. The zero-order chi connectivity index (χ0) is 14.2. The lowest BCUT2D eigenvalue weighted by molar-refractivity contribution is 0.0659. The molecule has 0 unspecified atom stereocenters. The molecule has 1 aliphatic heterocycles. The first-order valence-electron chi connectivity index (χ1n) is 7.39. The number of ether oxygens (including phenoxy) is 1. The van der Waals surface area contributed by atoms with Crippen LogP contribution in [0.1, 0.15) is 37.7 Å². The minimum absolute atomic E-state index is 0.169. The van der Waals surface area contributed by atoms with Crippen LogP contribution in [0.3, 0.4) is 0 Å². The summed E-state index contributed by atoms with van der Waals surface area (Å²) in [5, 5.41) is 0. The zero-order valence-electron chi connectivity index (χ0n) is 11.8. The predicted octanol–water partition coefficient (Wildman–Crippen LogP) is 3.89. The van der Waals surface area contributed by atoms with E-state index in [2.05, 4.69) is 12.6 Å². The van der Waals surface area contributed by atoms with Crippen molar-refractivity contribution in [2.24, 2.45) is 0 Å². The monoisotopic (exact) mass is 293 g/mol. The molecule has 2 rings (SSSR count). The quantitative estimate of drug-likeness (QED) is 0.835. The van der Waals surface area contributed by atoms with Crippen molar-refractivity contribution in [1.29, 1.82) is 0 Å². The lowest BCUT2D eigenvalue weighted by atomic mass is 9.99. The molecule has 1 fully saturated rings. The molecule has 0 spiro atoms. The van der Waals surface area contributed by atoms with Crippen LogP contribution in [-0.4, -0.2) is 29.3 Å². The van der Waals surface area contributed by atoms with E-state index in [0.717, 1.165) is 43.5 Å². The molecule has 0 saturated carbocycles. The highest BCUT2D eigenvalue weighted by atomic mass is 32.1. The summed E-state index contributed by atoms with van der Waals surface area (Å²) in [5.74, 6) is 0.878.